The largest absolute Gasteiger partial charge is 0.508 e. The second-order valence-corrected chi connectivity index (χ2v) is 10.1. The van der Waals surface area contributed by atoms with E-state index in [1.165, 1.54) is 116 Å². The first-order valence-corrected chi connectivity index (χ1v) is 14.7. The summed E-state index contributed by atoms with van der Waals surface area (Å²) in [6.07, 6.45) is 28.6. The van der Waals surface area contributed by atoms with Crippen LogP contribution in [0.4, 0.5) is 0 Å². The van der Waals surface area contributed by atoms with Gasteiger partial charge in [-0.2, -0.15) is 0 Å². The molecule has 0 unspecified atom stereocenters. The van der Waals surface area contributed by atoms with Crippen molar-refractivity contribution in [3.63, 3.8) is 0 Å². The zero-order valence-electron chi connectivity index (χ0n) is 22.3. The topological polar surface area (TPSA) is 46.5 Å². The van der Waals surface area contributed by atoms with Gasteiger partial charge in [0.2, 0.25) is 0 Å². The number of phenolic OH excluding ortho intramolecular Hbond substituents is 1. The van der Waals surface area contributed by atoms with Gasteiger partial charge in [0.05, 0.1) is 6.61 Å². The minimum absolute atomic E-state index is 0.0822. The van der Waals surface area contributed by atoms with Crippen LogP contribution in [-0.2, 0) is 16.0 Å². The summed E-state index contributed by atoms with van der Waals surface area (Å²) in [6, 6.07) is 7.05. The number of aromatic hydroxyl groups is 1. The molecule has 0 bridgehead atoms. The third kappa shape index (κ3) is 19.9. The fourth-order valence-electron chi connectivity index (χ4n) is 4.54. The standard InChI is InChI=1S/C31H54O3/c1-2-3-4-5-6-7-8-9-10-11-12-13-14-15-16-17-18-19-20-21-22-31(33)34-28-27-29-23-25-30(32)26-24-29/h23-26,32H,2-22,27-28H2,1H3. The molecular formula is C31H54O3. The lowest BCUT2D eigenvalue weighted by molar-refractivity contribution is -0.143. The van der Waals surface area contributed by atoms with Gasteiger partial charge in [-0.15, -0.1) is 0 Å². The van der Waals surface area contributed by atoms with Crippen LogP contribution in [0.15, 0.2) is 24.3 Å². The maximum absolute atomic E-state index is 11.8. The second-order valence-electron chi connectivity index (χ2n) is 10.1. The summed E-state index contributed by atoms with van der Waals surface area (Å²) in [4.78, 5) is 11.8. The van der Waals surface area contributed by atoms with Crippen molar-refractivity contribution in [1.82, 2.24) is 0 Å². The number of hydrogen-bond acceptors (Lipinski definition) is 3. The highest BCUT2D eigenvalue weighted by molar-refractivity contribution is 5.69. The van der Waals surface area contributed by atoms with E-state index in [2.05, 4.69) is 6.92 Å². The monoisotopic (exact) mass is 474 g/mol. The van der Waals surface area contributed by atoms with Gasteiger partial charge in [-0.25, -0.2) is 0 Å². The zero-order chi connectivity index (χ0) is 24.5. The molecule has 1 rings (SSSR count). The van der Waals surface area contributed by atoms with Gasteiger partial charge in [0.15, 0.2) is 0 Å². The Morgan fingerprint density at radius 3 is 1.41 bits per heavy atom. The number of hydrogen-bond donors (Lipinski definition) is 1. The summed E-state index contributed by atoms with van der Waals surface area (Å²) in [5, 5.41) is 9.27. The molecule has 0 fully saturated rings. The van der Waals surface area contributed by atoms with Crippen LogP contribution in [0, 0.1) is 0 Å². The summed E-state index contributed by atoms with van der Waals surface area (Å²) >= 11 is 0. The number of ether oxygens (including phenoxy) is 1. The highest BCUT2D eigenvalue weighted by Gasteiger charge is 2.03. The van der Waals surface area contributed by atoms with Crippen LogP contribution in [0.25, 0.3) is 0 Å². The lowest BCUT2D eigenvalue weighted by Crippen LogP contribution is -2.07. The van der Waals surface area contributed by atoms with Crippen molar-refractivity contribution in [2.75, 3.05) is 6.61 Å². The molecule has 0 saturated heterocycles. The zero-order valence-corrected chi connectivity index (χ0v) is 22.3. The average molecular weight is 475 g/mol. The van der Waals surface area contributed by atoms with E-state index in [-0.39, 0.29) is 11.7 Å². The Morgan fingerprint density at radius 2 is 1.00 bits per heavy atom. The normalized spacial score (nSPS) is 11.1. The molecule has 0 heterocycles. The van der Waals surface area contributed by atoms with E-state index in [9.17, 15) is 9.90 Å². The third-order valence-corrected chi connectivity index (χ3v) is 6.82. The highest BCUT2D eigenvalue weighted by Crippen LogP contribution is 2.15. The van der Waals surface area contributed by atoms with Crippen molar-refractivity contribution < 1.29 is 14.6 Å². The molecule has 0 aromatic heterocycles. The van der Waals surface area contributed by atoms with Crippen LogP contribution in [0.1, 0.15) is 147 Å². The molecule has 0 aliphatic heterocycles. The molecule has 0 saturated carbocycles. The quantitative estimate of drug-likeness (QED) is 0.120. The van der Waals surface area contributed by atoms with Crippen molar-refractivity contribution >= 4 is 5.97 Å². The molecule has 0 aliphatic rings. The smallest absolute Gasteiger partial charge is 0.305 e. The third-order valence-electron chi connectivity index (χ3n) is 6.82. The molecule has 0 amide bonds. The van der Waals surface area contributed by atoms with E-state index in [0.29, 0.717) is 19.4 Å². The van der Waals surface area contributed by atoms with Gasteiger partial charge in [-0.1, -0.05) is 141 Å². The number of carbonyl (C=O) groups is 1. The van der Waals surface area contributed by atoms with Gasteiger partial charge in [-0.05, 0) is 24.1 Å². The number of phenols is 1. The maximum Gasteiger partial charge on any atom is 0.305 e. The second kappa shape index (κ2) is 23.2. The Morgan fingerprint density at radius 1 is 0.618 bits per heavy atom. The molecule has 0 aliphatic carbocycles. The van der Waals surface area contributed by atoms with Crippen LogP contribution >= 0.6 is 0 Å². The Balaban J connectivity index is 1.73. The molecule has 0 radical (unpaired) electrons. The lowest BCUT2D eigenvalue weighted by atomic mass is 10.0. The Labute approximate surface area is 211 Å². The molecule has 196 valence electrons. The molecule has 1 aromatic carbocycles. The van der Waals surface area contributed by atoms with Gasteiger partial charge in [0.1, 0.15) is 5.75 Å². The van der Waals surface area contributed by atoms with Gasteiger partial charge >= 0.3 is 5.97 Å². The highest BCUT2D eigenvalue weighted by atomic mass is 16.5. The van der Waals surface area contributed by atoms with Crippen molar-refractivity contribution in [3.8, 4) is 5.75 Å². The average Bonchev–Trinajstić information content (AvgIpc) is 2.84. The predicted molar refractivity (Wildman–Crippen MR) is 145 cm³/mol. The van der Waals surface area contributed by atoms with Crippen LogP contribution in [0.3, 0.4) is 0 Å². The lowest BCUT2D eigenvalue weighted by Gasteiger charge is -2.06. The Kier molecular flexibility index (Phi) is 20.9. The molecule has 34 heavy (non-hydrogen) atoms. The predicted octanol–water partition coefficient (Wildman–Crippen LogP) is 9.69. The van der Waals surface area contributed by atoms with Crippen LogP contribution in [0.5, 0.6) is 5.75 Å². The summed E-state index contributed by atoms with van der Waals surface area (Å²) in [5.74, 6) is 0.182. The number of rotatable bonds is 24. The first-order chi connectivity index (χ1) is 16.7. The molecule has 1 N–H and O–H groups in total. The van der Waals surface area contributed by atoms with Gasteiger partial charge in [0.25, 0.3) is 0 Å². The van der Waals surface area contributed by atoms with Gasteiger partial charge in [0, 0.05) is 12.8 Å². The van der Waals surface area contributed by atoms with E-state index in [4.69, 9.17) is 4.74 Å². The van der Waals surface area contributed by atoms with E-state index in [1.807, 2.05) is 12.1 Å². The molecule has 3 nitrogen and oxygen atoms in total. The number of esters is 1. The van der Waals surface area contributed by atoms with E-state index in [0.717, 1.165) is 18.4 Å². The Bertz CT molecular complexity index is 567. The van der Waals surface area contributed by atoms with Gasteiger partial charge in [-0.3, -0.25) is 4.79 Å². The number of carbonyl (C=O) groups excluding carboxylic acids is 1. The van der Waals surface area contributed by atoms with Gasteiger partial charge < -0.3 is 9.84 Å². The number of benzene rings is 1. The summed E-state index contributed by atoms with van der Waals surface area (Å²) in [6.45, 7) is 2.71. The SMILES string of the molecule is CCCCCCCCCCCCCCCCCCCCCCC(=O)OCCc1ccc(O)cc1. The van der Waals surface area contributed by atoms with Crippen molar-refractivity contribution in [2.24, 2.45) is 0 Å². The van der Waals surface area contributed by atoms with Crippen LogP contribution in [0.2, 0.25) is 0 Å². The van der Waals surface area contributed by atoms with E-state index in [1.54, 1.807) is 12.1 Å². The fraction of sp³-hybridized carbons (Fsp3) is 0.774. The van der Waals surface area contributed by atoms with Crippen LogP contribution in [-0.4, -0.2) is 17.7 Å². The Hall–Kier alpha value is -1.51. The summed E-state index contributed by atoms with van der Waals surface area (Å²) < 4.78 is 5.32. The van der Waals surface area contributed by atoms with E-state index >= 15 is 0 Å². The summed E-state index contributed by atoms with van der Waals surface area (Å²) in [5.41, 5.74) is 1.07. The first kappa shape index (κ1) is 30.5. The van der Waals surface area contributed by atoms with Crippen molar-refractivity contribution in [2.45, 2.75) is 148 Å². The minimum Gasteiger partial charge on any atom is -0.508 e. The van der Waals surface area contributed by atoms with Crippen molar-refractivity contribution in [3.05, 3.63) is 29.8 Å². The fourth-order valence-corrected chi connectivity index (χ4v) is 4.54. The molecule has 3 heteroatoms. The van der Waals surface area contributed by atoms with Crippen LogP contribution < -0.4 is 0 Å². The number of unbranched alkanes of at least 4 members (excludes halogenated alkanes) is 19. The maximum atomic E-state index is 11.8. The minimum atomic E-state index is -0.0822. The molecule has 0 spiro atoms. The molecular weight excluding hydrogens is 420 g/mol. The van der Waals surface area contributed by atoms with E-state index < -0.39 is 0 Å². The summed E-state index contributed by atoms with van der Waals surface area (Å²) in [7, 11) is 0. The molecule has 1 aromatic rings. The molecule has 0 atom stereocenters. The first-order valence-electron chi connectivity index (χ1n) is 14.7. The van der Waals surface area contributed by atoms with Crippen molar-refractivity contribution in [1.29, 1.82) is 0 Å².